The van der Waals surface area contributed by atoms with E-state index in [1.807, 2.05) is 0 Å². The molecule has 0 radical (unpaired) electrons. The van der Waals surface area contributed by atoms with Crippen molar-refractivity contribution < 1.29 is 9.47 Å². The van der Waals surface area contributed by atoms with Crippen molar-refractivity contribution in [2.24, 2.45) is 5.92 Å². The van der Waals surface area contributed by atoms with Crippen LogP contribution in [0.4, 0.5) is 0 Å². The zero-order valence-corrected chi connectivity index (χ0v) is 15.1. The van der Waals surface area contributed by atoms with E-state index in [9.17, 15) is 0 Å². The third-order valence-electron chi connectivity index (χ3n) is 4.47. The smallest absolute Gasteiger partial charge is 0.124 e. The van der Waals surface area contributed by atoms with Crippen LogP contribution >= 0.6 is 0 Å². The molecule has 1 unspecified atom stereocenters. The Morgan fingerprint density at radius 2 is 2.00 bits per heavy atom. The molecule has 0 amide bonds. The zero-order chi connectivity index (χ0) is 16.5. The summed E-state index contributed by atoms with van der Waals surface area (Å²) in [6.07, 6.45) is 9.40. The van der Waals surface area contributed by atoms with Gasteiger partial charge in [-0.3, -0.25) is 0 Å². The molecule has 0 fully saturated rings. The van der Waals surface area contributed by atoms with Crippen LogP contribution in [-0.2, 0) is 11.3 Å². The van der Waals surface area contributed by atoms with Crippen LogP contribution in [0.25, 0.3) is 5.57 Å². The number of allylic oxidation sites excluding steroid dienone is 2. The third-order valence-corrected chi connectivity index (χ3v) is 4.47. The van der Waals surface area contributed by atoms with Crippen molar-refractivity contribution in [1.29, 1.82) is 0 Å². The standard InChI is InChI=1S/C21H32O2/c1-4-6-14-23-21-12-11-19(15-20(21)16-22-13-5-2)18-9-7-17(3)8-10-18/h9,11-12,15,17H,4-8,10,13-14,16H2,1-3H3. The highest BCUT2D eigenvalue weighted by Crippen LogP contribution is 2.32. The summed E-state index contributed by atoms with van der Waals surface area (Å²) in [5.74, 6) is 1.81. The first-order chi connectivity index (χ1) is 11.2. The van der Waals surface area contributed by atoms with Gasteiger partial charge in [-0.1, -0.05) is 39.3 Å². The van der Waals surface area contributed by atoms with Crippen molar-refractivity contribution in [3.63, 3.8) is 0 Å². The maximum Gasteiger partial charge on any atom is 0.124 e. The SMILES string of the molecule is CCCCOc1ccc(C2=CCC(C)CC2)cc1COCCC. The summed E-state index contributed by atoms with van der Waals surface area (Å²) in [5, 5.41) is 0. The normalized spacial score (nSPS) is 17.9. The minimum absolute atomic E-state index is 0.646. The Hall–Kier alpha value is -1.28. The monoisotopic (exact) mass is 316 g/mol. The first-order valence-corrected chi connectivity index (χ1v) is 9.27. The summed E-state index contributed by atoms with van der Waals surface area (Å²) in [5.41, 5.74) is 4.02. The van der Waals surface area contributed by atoms with Crippen molar-refractivity contribution >= 4 is 5.57 Å². The summed E-state index contributed by atoms with van der Waals surface area (Å²) in [7, 11) is 0. The van der Waals surface area contributed by atoms with Gasteiger partial charge in [-0.2, -0.15) is 0 Å². The molecule has 2 heteroatoms. The minimum atomic E-state index is 0.646. The van der Waals surface area contributed by atoms with Crippen molar-refractivity contribution in [1.82, 2.24) is 0 Å². The summed E-state index contributed by atoms with van der Waals surface area (Å²) < 4.78 is 11.7. The summed E-state index contributed by atoms with van der Waals surface area (Å²) in [4.78, 5) is 0. The van der Waals surface area contributed by atoms with Gasteiger partial charge in [0.05, 0.1) is 13.2 Å². The summed E-state index contributed by atoms with van der Waals surface area (Å²) in [6, 6.07) is 6.62. The van der Waals surface area contributed by atoms with E-state index in [-0.39, 0.29) is 0 Å². The van der Waals surface area contributed by atoms with Crippen molar-refractivity contribution in [2.45, 2.75) is 65.9 Å². The van der Waals surface area contributed by atoms with Gasteiger partial charge >= 0.3 is 0 Å². The van der Waals surface area contributed by atoms with E-state index >= 15 is 0 Å². The molecule has 1 aliphatic rings. The number of benzene rings is 1. The lowest BCUT2D eigenvalue weighted by molar-refractivity contribution is 0.119. The molecule has 1 aromatic rings. The van der Waals surface area contributed by atoms with Crippen LogP contribution in [0.2, 0.25) is 0 Å². The molecule has 0 heterocycles. The van der Waals surface area contributed by atoms with Crippen molar-refractivity contribution in [3.05, 3.63) is 35.4 Å². The second-order valence-electron chi connectivity index (χ2n) is 6.69. The molecule has 0 aliphatic heterocycles. The lowest BCUT2D eigenvalue weighted by Crippen LogP contribution is -2.04. The fraction of sp³-hybridized carbons (Fsp3) is 0.619. The maximum absolute atomic E-state index is 5.97. The fourth-order valence-electron chi connectivity index (χ4n) is 2.91. The molecule has 0 aromatic heterocycles. The van der Waals surface area contributed by atoms with Crippen molar-refractivity contribution in [2.75, 3.05) is 13.2 Å². The van der Waals surface area contributed by atoms with E-state index in [0.29, 0.717) is 6.61 Å². The van der Waals surface area contributed by atoms with E-state index in [0.717, 1.165) is 44.1 Å². The second-order valence-corrected chi connectivity index (χ2v) is 6.69. The van der Waals surface area contributed by atoms with Crippen molar-refractivity contribution in [3.8, 4) is 5.75 Å². The van der Waals surface area contributed by atoms with Crippen LogP contribution in [-0.4, -0.2) is 13.2 Å². The summed E-state index contributed by atoms with van der Waals surface area (Å²) in [6.45, 7) is 8.90. The van der Waals surface area contributed by atoms with E-state index in [2.05, 4.69) is 45.0 Å². The molecule has 0 saturated heterocycles. The molecule has 1 atom stereocenters. The van der Waals surface area contributed by atoms with Gasteiger partial charge in [0.1, 0.15) is 5.75 Å². The van der Waals surface area contributed by atoms with Crippen LogP contribution < -0.4 is 4.74 Å². The predicted molar refractivity (Wildman–Crippen MR) is 97.8 cm³/mol. The molecule has 2 rings (SSSR count). The number of rotatable bonds is 9. The highest BCUT2D eigenvalue weighted by atomic mass is 16.5. The molecule has 0 N–H and O–H groups in total. The number of ether oxygens (including phenoxy) is 2. The average molecular weight is 316 g/mol. The Kier molecular flexibility index (Phi) is 7.67. The van der Waals surface area contributed by atoms with Gasteiger partial charge in [0.2, 0.25) is 0 Å². The quantitative estimate of drug-likeness (QED) is 0.520. The number of hydrogen-bond donors (Lipinski definition) is 0. The van der Waals surface area contributed by atoms with E-state index < -0.39 is 0 Å². The molecule has 1 aliphatic carbocycles. The number of hydrogen-bond acceptors (Lipinski definition) is 2. The minimum Gasteiger partial charge on any atom is -0.493 e. The molecular weight excluding hydrogens is 284 g/mol. The highest BCUT2D eigenvalue weighted by molar-refractivity contribution is 5.67. The van der Waals surface area contributed by atoms with Gasteiger partial charge in [0, 0.05) is 12.2 Å². The lowest BCUT2D eigenvalue weighted by Gasteiger charge is -2.20. The Morgan fingerprint density at radius 3 is 2.70 bits per heavy atom. The van der Waals surface area contributed by atoms with Gasteiger partial charge < -0.3 is 9.47 Å². The second kappa shape index (κ2) is 9.77. The molecule has 23 heavy (non-hydrogen) atoms. The molecule has 0 bridgehead atoms. The lowest BCUT2D eigenvalue weighted by atomic mass is 9.87. The first kappa shape index (κ1) is 18.1. The van der Waals surface area contributed by atoms with E-state index in [4.69, 9.17) is 9.47 Å². The van der Waals surface area contributed by atoms with Gasteiger partial charge in [-0.25, -0.2) is 0 Å². The van der Waals surface area contributed by atoms with Crippen LogP contribution in [0.15, 0.2) is 24.3 Å². The van der Waals surface area contributed by atoms with E-state index in [1.165, 1.54) is 36.0 Å². The Bertz CT molecular complexity index is 505. The Morgan fingerprint density at radius 1 is 1.13 bits per heavy atom. The van der Waals surface area contributed by atoms with E-state index in [1.54, 1.807) is 0 Å². The molecule has 1 aromatic carbocycles. The summed E-state index contributed by atoms with van der Waals surface area (Å²) >= 11 is 0. The fourth-order valence-corrected chi connectivity index (χ4v) is 2.91. The van der Waals surface area contributed by atoms with Crippen LogP contribution in [0, 0.1) is 5.92 Å². The van der Waals surface area contributed by atoms with Gasteiger partial charge in [-0.15, -0.1) is 0 Å². The topological polar surface area (TPSA) is 18.5 Å². The highest BCUT2D eigenvalue weighted by Gasteiger charge is 2.13. The average Bonchev–Trinajstić information content (AvgIpc) is 2.57. The third kappa shape index (κ3) is 5.69. The van der Waals surface area contributed by atoms with Crippen LogP contribution in [0.5, 0.6) is 5.75 Å². The molecular formula is C21H32O2. The zero-order valence-electron chi connectivity index (χ0n) is 15.1. The van der Waals surface area contributed by atoms with Gasteiger partial charge in [0.15, 0.2) is 0 Å². The molecule has 0 saturated carbocycles. The Balaban J connectivity index is 2.12. The largest absolute Gasteiger partial charge is 0.493 e. The molecule has 0 spiro atoms. The number of unbranched alkanes of at least 4 members (excludes halogenated alkanes) is 1. The maximum atomic E-state index is 5.97. The van der Waals surface area contributed by atoms with Gasteiger partial charge in [-0.05, 0) is 61.3 Å². The molecule has 2 nitrogen and oxygen atoms in total. The van der Waals surface area contributed by atoms with Crippen LogP contribution in [0.3, 0.4) is 0 Å². The van der Waals surface area contributed by atoms with Gasteiger partial charge in [0.25, 0.3) is 0 Å². The first-order valence-electron chi connectivity index (χ1n) is 9.27. The Labute approximate surface area is 141 Å². The predicted octanol–water partition coefficient (Wildman–Crippen LogP) is 6.00. The molecule has 128 valence electrons. The van der Waals surface area contributed by atoms with Crippen LogP contribution in [0.1, 0.15) is 70.4 Å².